The lowest BCUT2D eigenvalue weighted by atomic mass is 9.76. The summed E-state index contributed by atoms with van der Waals surface area (Å²) >= 11 is 0. The van der Waals surface area contributed by atoms with Gasteiger partial charge in [0, 0.05) is 13.0 Å². The highest BCUT2D eigenvalue weighted by Crippen LogP contribution is 2.21. The molecule has 0 aliphatic carbocycles. The van der Waals surface area contributed by atoms with Crippen LogP contribution < -0.4 is 5.32 Å². The van der Waals surface area contributed by atoms with Crippen LogP contribution in [0.5, 0.6) is 0 Å². The molecule has 160 valence electrons. The van der Waals surface area contributed by atoms with Gasteiger partial charge in [0.05, 0.1) is 12.5 Å². The number of hydrogen-bond acceptors (Lipinski definition) is 6. The molecular weight excluding hydrogens is 385 g/mol. The third-order valence-corrected chi connectivity index (χ3v) is 4.60. The Labute approximate surface area is 177 Å². The molecule has 1 saturated heterocycles. The molecule has 2 amide bonds. The molecule has 1 heterocycles. The van der Waals surface area contributed by atoms with Crippen molar-refractivity contribution < 1.29 is 24.4 Å². The predicted octanol–water partition coefficient (Wildman–Crippen LogP) is 1.43. The van der Waals surface area contributed by atoms with Crippen molar-refractivity contribution in [2.45, 2.75) is 45.7 Å². The van der Waals surface area contributed by atoms with Gasteiger partial charge in [-0.3, -0.25) is 4.79 Å². The molecule has 3 N–H and O–H groups in total. The lowest BCUT2D eigenvalue weighted by Crippen LogP contribution is -2.48. The fraction of sp³-hybridized carbons (Fsp3) is 0.476. The molecule has 0 spiro atoms. The maximum absolute atomic E-state index is 12.6. The summed E-state index contributed by atoms with van der Waals surface area (Å²) in [6.45, 7) is 6.26. The molecule has 1 fully saturated rings. The number of rotatable bonds is 6. The number of carbonyl (C=O) groups excluding carboxylic acids is 2. The van der Waals surface area contributed by atoms with Gasteiger partial charge in [-0.15, -0.1) is 0 Å². The molecule has 0 radical (unpaired) electrons. The van der Waals surface area contributed by atoms with Gasteiger partial charge in [-0.05, 0) is 17.4 Å². The average Bonchev–Trinajstić information content (AvgIpc) is 3.13. The highest BCUT2D eigenvalue weighted by Gasteiger charge is 2.32. The fourth-order valence-corrected chi connectivity index (χ4v) is 3.19. The van der Waals surface area contributed by atoms with Crippen LogP contribution in [0.3, 0.4) is 0 Å². The van der Waals surface area contributed by atoms with Gasteiger partial charge in [-0.25, -0.2) is 4.79 Å². The molecule has 0 bridgehead atoms. The van der Waals surface area contributed by atoms with E-state index in [-0.39, 0.29) is 29.9 Å². The van der Waals surface area contributed by atoms with Crippen LogP contribution in [-0.4, -0.2) is 59.2 Å². The van der Waals surface area contributed by atoms with Crippen molar-refractivity contribution >= 4 is 19.1 Å². The SMILES string of the molecule is CC(C)(C)/C=C(\C#N)C(=O)N1CC[C@H](OC(=O)N[C@@H](Cc2ccccc2)B(O)O)C1. The minimum Gasteiger partial charge on any atom is -0.444 e. The van der Waals surface area contributed by atoms with Gasteiger partial charge in [0.1, 0.15) is 17.7 Å². The predicted molar refractivity (Wildman–Crippen MR) is 112 cm³/mol. The minimum atomic E-state index is -1.75. The second-order valence-corrected chi connectivity index (χ2v) is 8.46. The van der Waals surface area contributed by atoms with Crippen molar-refractivity contribution in [3.8, 4) is 6.07 Å². The molecule has 1 aliphatic rings. The topological polar surface area (TPSA) is 123 Å². The number of nitrogens with zero attached hydrogens (tertiary/aromatic N) is 2. The van der Waals surface area contributed by atoms with E-state index in [4.69, 9.17) is 4.74 Å². The van der Waals surface area contributed by atoms with Crippen molar-refractivity contribution in [2.24, 2.45) is 5.41 Å². The molecule has 1 aromatic rings. The first-order valence-corrected chi connectivity index (χ1v) is 9.88. The number of nitrogens with one attached hydrogen (secondary N) is 1. The summed E-state index contributed by atoms with van der Waals surface area (Å²) in [5, 5.41) is 30.9. The molecule has 2 rings (SSSR count). The summed E-state index contributed by atoms with van der Waals surface area (Å²) in [7, 11) is -1.75. The number of alkyl carbamates (subject to hydrolysis) is 1. The van der Waals surface area contributed by atoms with Crippen LogP contribution >= 0.6 is 0 Å². The van der Waals surface area contributed by atoms with Crippen LogP contribution in [0.4, 0.5) is 4.79 Å². The number of benzene rings is 1. The number of ether oxygens (including phenoxy) is 1. The van der Waals surface area contributed by atoms with Crippen molar-refractivity contribution in [1.82, 2.24) is 10.2 Å². The van der Waals surface area contributed by atoms with Crippen molar-refractivity contribution in [2.75, 3.05) is 13.1 Å². The van der Waals surface area contributed by atoms with E-state index in [1.807, 2.05) is 57.2 Å². The molecule has 2 atom stereocenters. The summed E-state index contributed by atoms with van der Waals surface area (Å²) in [5.74, 6) is -1.31. The van der Waals surface area contributed by atoms with Crippen LogP contribution in [-0.2, 0) is 16.0 Å². The quantitative estimate of drug-likeness (QED) is 0.368. The molecule has 9 heteroatoms. The molecule has 30 heavy (non-hydrogen) atoms. The van der Waals surface area contributed by atoms with Crippen LogP contribution in [0.25, 0.3) is 0 Å². The van der Waals surface area contributed by atoms with Gasteiger partial charge in [0.2, 0.25) is 0 Å². The Bertz CT molecular complexity index is 814. The Morgan fingerprint density at radius 1 is 1.37 bits per heavy atom. The second kappa shape index (κ2) is 10.3. The van der Waals surface area contributed by atoms with Gasteiger partial charge in [-0.2, -0.15) is 5.26 Å². The summed E-state index contributed by atoms with van der Waals surface area (Å²) in [6, 6.07) is 11.1. The lowest BCUT2D eigenvalue weighted by molar-refractivity contribution is -0.126. The first-order chi connectivity index (χ1) is 14.1. The van der Waals surface area contributed by atoms with Crippen LogP contribution in [0, 0.1) is 16.7 Å². The van der Waals surface area contributed by atoms with E-state index in [0.29, 0.717) is 13.0 Å². The van der Waals surface area contributed by atoms with Crippen molar-refractivity contribution in [3.05, 3.63) is 47.5 Å². The highest BCUT2D eigenvalue weighted by molar-refractivity contribution is 6.43. The molecule has 1 aromatic carbocycles. The normalized spacial score (nSPS) is 17.8. The van der Waals surface area contributed by atoms with Crippen LogP contribution in [0.2, 0.25) is 0 Å². The maximum atomic E-state index is 12.6. The Hall–Kier alpha value is -2.83. The fourth-order valence-electron chi connectivity index (χ4n) is 3.19. The number of carbonyl (C=O) groups is 2. The van der Waals surface area contributed by atoms with Gasteiger partial charge in [0.25, 0.3) is 5.91 Å². The number of amides is 2. The van der Waals surface area contributed by atoms with Crippen molar-refractivity contribution in [1.29, 1.82) is 5.26 Å². The number of hydrogen-bond donors (Lipinski definition) is 3. The van der Waals surface area contributed by atoms with E-state index in [0.717, 1.165) is 5.56 Å². The molecule has 0 saturated carbocycles. The molecular formula is C21H28BN3O5. The monoisotopic (exact) mass is 413 g/mol. The van der Waals surface area contributed by atoms with E-state index in [9.17, 15) is 24.9 Å². The third kappa shape index (κ3) is 7.21. The Kier molecular flexibility index (Phi) is 8.04. The summed E-state index contributed by atoms with van der Waals surface area (Å²) in [4.78, 5) is 26.3. The third-order valence-electron chi connectivity index (χ3n) is 4.60. The standard InChI is InChI=1S/C21H28BN3O5/c1-21(2,3)12-16(13-23)19(26)25-10-9-17(14-25)30-20(27)24-18(22(28)29)11-15-7-5-4-6-8-15/h4-8,12,17-18,28-29H,9-11,14H2,1-3H3,(H,24,27)/b16-12+/t17-,18-/m0/s1. The Morgan fingerprint density at radius 2 is 2.03 bits per heavy atom. The minimum absolute atomic E-state index is 0.0685. The van der Waals surface area contributed by atoms with E-state index in [2.05, 4.69) is 5.32 Å². The van der Waals surface area contributed by atoms with Crippen LogP contribution in [0.15, 0.2) is 42.0 Å². The highest BCUT2D eigenvalue weighted by atomic mass is 16.6. The second-order valence-electron chi connectivity index (χ2n) is 8.46. The summed E-state index contributed by atoms with van der Waals surface area (Å²) < 4.78 is 5.36. The van der Waals surface area contributed by atoms with Crippen molar-refractivity contribution in [3.63, 3.8) is 0 Å². The lowest BCUT2D eigenvalue weighted by Gasteiger charge is -2.20. The molecule has 1 aliphatic heterocycles. The zero-order valence-electron chi connectivity index (χ0n) is 17.5. The van der Waals surface area contributed by atoms with Gasteiger partial charge in [-0.1, -0.05) is 57.2 Å². The van der Waals surface area contributed by atoms with E-state index in [1.165, 1.54) is 4.90 Å². The van der Waals surface area contributed by atoms with E-state index in [1.54, 1.807) is 6.08 Å². The van der Waals surface area contributed by atoms with Gasteiger partial charge in [0.15, 0.2) is 0 Å². The first-order valence-electron chi connectivity index (χ1n) is 9.88. The number of nitriles is 1. The van der Waals surface area contributed by atoms with E-state index < -0.39 is 25.3 Å². The maximum Gasteiger partial charge on any atom is 0.475 e. The molecule has 8 nitrogen and oxygen atoms in total. The summed E-state index contributed by atoms with van der Waals surface area (Å²) in [5.41, 5.74) is 0.594. The zero-order chi connectivity index (χ0) is 22.3. The van der Waals surface area contributed by atoms with Gasteiger partial charge < -0.3 is 25.0 Å². The van der Waals surface area contributed by atoms with Gasteiger partial charge >= 0.3 is 13.2 Å². The smallest absolute Gasteiger partial charge is 0.444 e. The van der Waals surface area contributed by atoms with E-state index >= 15 is 0 Å². The molecule has 0 unspecified atom stereocenters. The Balaban J connectivity index is 1.91. The average molecular weight is 413 g/mol. The number of likely N-dealkylation sites (tertiary alicyclic amines) is 1. The van der Waals surface area contributed by atoms with Crippen LogP contribution in [0.1, 0.15) is 32.8 Å². The largest absolute Gasteiger partial charge is 0.475 e. The molecule has 0 aromatic heterocycles. The zero-order valence-corrected chi connectivity index (χ0v) is 17.5. The number of allylic oxidation sites excluding steroid dienone is 1. The Morgan fingerprint density at radius 3 is 2.60 bits per heavy atom. The summed E-state index contributed by atoms with van der Waals surface area (Å²) in [6.07, 6.45) is 0.989. The first kappa shape index (κ1) is 23.5.